The van der Waals surface area contributed by atoms with Crippen LogP contribution in [0.25, 0.3) is 16.6 Å². The van der Waals surface area contributed by atoms with Gasteiger partial charge in [-0.2, -0.15) is 5.10 Å². The number of carbonyl (C=O) groups is 1. The van der Waals surface area contributed by atoms with Crippen LogP contribution < -0.4 is 10.9 Å². The molecule has 1 N–H and O–H groups in total. The lowest BCUT2D eigenvalue weighted by Crippen LogP contribution is -2.27. The number of amides is 1. The van der Waals surface area contributed by atoms with Crippen molar-refractivity contribution in [3.63, 3.8) is 0 Å². The molecule has 2 aromatic carbocycles. The Morgan fingerprint density at radius 1 is 1.03 bits per heavy atom. The van der Waals surface area contributed by atoms with E-state index in [9.17, 15) is 9.59 Å². The SMILES string of the molecule is Cc1ccccc1-n1c(SC(C)C(=O)Nc2ccnn2C(C)C)nc2ccccc2c1=O. The van der Waals surface area contributed by atoms with Crippen LogP contribution in [-0.2, 0) is 4.79 Å². The van der Waals surface area contributed by atoms with Gasteiger partial charge < -0.3 is 5.32 Å². The first-order valence-corrected chi connectivity index (χ1v) is 11.3. The zero-order valence-electron chi connectivity index (χ0n) is 18.4. The van der Waals surface area contributed by atoms with Crippen molar-refractivity contribution in [3.8, 4) is 5.69 Å². The number of nitrogens with one attached hydrogen (secondary N) is 1. The van der Waals surface area contributed by atoms with E-state index in [2.05, 4.69) is 10.4 Å². The molecule has 0 radical (unpaired) electrons. The summed E-state index contributed by atoms with van der Waals surface area (Å²) >= 11 is 1.26. The summed E-state index contributed by atoms with van der Waals surface area (Å²) in [5, 5.41) is 7.72. The van der Waals surface area contributed by atoms with Gasteiger partial charge in [0.15, 0.2) is 5.16 Å². The molecule has 1 atom stereocenters. The fraction of sp³-hybridized carbons (Fsp3) is 0.250. The average Bonchev–Trinajstić information content (AvgIpc) is 3.23. The number of nitrogens with zero attached hydrogens (tertiary/aromatic N) is 4. The zero-order chi connectivity index (χ0) is 22.8. The van der Waals surface area contributed by atoms with Crippen molar-refractivity contribution in [2.75, 3.05) is 5.32 Å². The van der Waals surface area contributed by atoms with Gasteiger partial charge in [0.05, 0.1) is 28.0 Å². The van der Waals surface area contributed by atoms with Gasteiger partial charge in [-0.05, 0) is 51.5 Å². The van der Waals surface area contributed by atoms with Gasteiger partial charge >= 0.3 is 0 Å². The van der Waals surface area contributed by atoms with Crippen molar-refractivity contribution < 1.29 is 4.79 Å². The second-order valence-electron chi connectivity index (χ2n) is 7.84. The van der Waals surface area contributed by atoms with E-state index in [0.717, 1.165) is 11.3 Å². The summed E-state index contributed by atoms with van der Waals surface area (Å²) in [5.41, 5.74) is 2.16. The number of aromatic nitrogens is 4. The highest BCUT2D eigenvalue weighted by molar-refractivity contribution is 8.00. The Kier molecular flexibility index (Phi) is 6.14. The molecule has 4 rings (SSSR count). The number of fused-ring (bicyclic) bond motifs is 1. The van der Waals surface area contributed by atoms with Crippen LogP contribution >= 0.6 is 11.8 Å². The van der Waals surface area contributed by atoms with E-state index >= 15 is 0 Å². The van der Waals surface area contributed by atoms with Crippen molar-refractivity contribution in [2.24, 2.45) is 0 Å². The van der Waals surface area contributed by atoms with Crippen LogP contribution in [0.2, 0.25) is 0 Å². The number of rotatable bonds is 6. The molecule has 0 spiro atoms. The Morgan fingerprint density at radius 2 is 1.75 bits per heavy atom. The maximum absolute atomic E-state index is 13.4. The maximum atomic E-state index is 13.4. The molecule has 32 heavy (non-hydrogen) atoms. The van der Waals surface area contributed by atoms with Crippen LogP contribution in [0, 0.1) is 6.92 Å². The lowest BCUT2D eigenvalue weighted by Gasteiger charge is -2.18. The highest BCUT2D eigenvalue weighted by atomic mass is 32.2. The number of para-hydroxylation sites is 2. The monoisotopic (exact) mass is 447 g/mol. The second-order valence-corrected chi connectivity index (χ2v) is 9.15. The minimum absolute atomic E-state index is 0.122. The molecule has 0 aliphatic heterocycles. The highest BCUT2D eigenvalue weighted by Gasteiger charge is 2.22. The molecule has 0 bridgehead atoms. The van der Waals surface area contributed by atoms with Crippen LogP contribution in [0.15, 0.2) is 70.7 Å². The Bertz CT molecular complexity index is 1340. The van der Waals surface area contributed by atoms with Crippen molar-refractivity contribution in [3.05, 3.63) is 76.7 Å². The van der Waals surface area contributed by atoms with Gasteiger partial charge in [0, 0.05) is 12.1 Å². The van der Waals surface area contributed by atoms with Gasteiger partial charge in [0.25, 0.3) is 5.56 Å². The van der Waals surface area contributed by atoms with E-state index in [0.29, 0.717) is 21.9 Å². The summed E-state index contributed by atoms with van der Waals surface area (Å²) in [6.07, 6.45) is 1.66. The minimum Gasteiger partial charge on any atom is -0.310 e. The number of hydrogen-bond donors (Lipinski definition) is 1. The molecule has 164 valence electrons. The number of benzene rings is 2. The Hall–Kier alpha value is -3.39. The summed E-state index contributed by atoms with van der Waals surface area (Å²) in [6, 6.07) is 16.8. The largest absolute Gasteiger partial charge is 0.310 e. The first-order chi connectivity index (χ1) is 15.4. The van der Waals surface area contributed by atoms with Gasteiger partial charge in [-0.3, -0.25) is 14.2 Å². The highest BCUT2D eigenvalue weighted by Crippen LogP contribution is 2.27. The molecule has 2 aromatic heterocycles. The summed E-state index contributed by atoms with van der Waals surface area (Å²) in [7, 11) is 0. The maximum Gasteiger partial charge on any atom is 0.266 e. The molecule has 4 aromatic rings. The molecule has 1 unspecified atom stereocenters. The van der Waals surface area contributed by atoms with Crippen LogP contribution in [0.5, 0.6) is 0 Å². The number of aryl methyl sites for hydroxylation is 1. The molecule has 0 fully saturated rings. The molecule has 8 heteroatoms. The lowest BCUT2D eigenvalue weighted by molar-refractivity contribution is -0.115. The smallest absolute Gasteiger partial charge is 0.266 e. The lowest BCUT2D eigenvalue weighted by atomic mass is 10.2. The molecular formula is C24H25N5O2S. The van der Waals surface area contributed by atoms with Crippen LogP contribution in [0.4, 0.5) is 5.82 Å². The number of carbonyl (C=O) groups excluding carboxylic acids is 1. The van der Waals surface area contributed by atoms with E-state index in [1.807, 2.05) is 63.2 Å². The van der Waals surface area contributed by atoms with Gasteiger partial charge in [0.2, 0.25) is 5.91 Å². The summed E-state index contributed by atoms with van der Waals surface area (Å²) in [5.74, 6) is 0.455. The third-order valence-electron chi connectivity index (χ3n) is 5.16. The number of hydrogen-bond acceptors (Lipinski definition) is 5. The summed E-state index contributed by atoms with van der Waals surface area (Å²) in [6.45, 7) is 7.76. The van der Waals surface area contributed by atoms with Crippen molar-refractivity contribution in [1.29, 1.82) is 0 Å². The van der Waals surface area contributed by atoms with E-state index < -0.39 is 5.25 Å². The fourth-order valence-corrected chi connectivity index (χ4v) is 4.40. The molecule has 0 aliphatic carbocycles. The fourth-order valence-electron chi connectivity index (χ4n) is 3.48. The quantitative estimate of drug-likeness (QED) is 0.345. The Labute approximate surface area is 190 Å². The van der Waals surface area contributed by atoms with Crippen LogP contribution in [-0.4, -0.2) is 30.5 Å². The number of thioether (sulfide) groups is 1. The molecule has 0 saturated carbocycles. The van der Waals surface area contributed by atoms with E-state index in [1.165, 1.54) is 11.8 Å². The summed E-state index contributed by atoms with van der Waals surface area (Å²) in [4.78, 5) is 31.1. The van der Waals surface area contributed by atoms with E-state index in [1.54, 1.807) is 34.5 Å². The minimum atomic E-state index is -0.492. The van der Waals surface area contributed by atoms with Crippen molar-refractivity contribution in [2.45, 2.75) is 44.1 Å². The molecule has 0 aliphatic rings. The van der Waals surface area contributed by atoms with Gasteiger partial charge in [-0.25, -0.2) is 9.67 Å². The van der Waals surface area contributed by atoms with Gasteiger partial charge in [-0.1, -0.05) is 42.1 Å². The Morgan fingerprint density at radius 3 is 2.50 bits per heavy atom. The third kappa shape index (κ3) is 4.18. The van der Waals surface area contributed by atoms with Crippen LogP contribution in [0.1, 0.15) is 32.4 Å². The Balaban J connectivity index is 1.73. The predicted molar refractivity (Wildman–Crippen MR) is 129 cm³/mol. The van der Waals surface area contributed by atoms with Crippen LogP contribution in [0.3, 0.4) is 0 Å². The molecular weight excluding hydrogens is 422 g/mol. The van der Waals surface area contributed by atoms with Crippen molar-refractivity contribution in [1.82, 2.24) is 19.3 Å². The predicted octanol–water partition coefficient (Wildman–Crippen LogP) is 4.59. The van der Waals surface area contributed by atoms with Crippen molar-refractivity contribution >= 4 is 34.4 Å². The first-order valence-electron chi connectivity index (χ1n) is 10.5. The van der Waals surface area contributed by atoms with E-state index in [-0.39, 0.29) is 17.5 Å². The molecule has 2 heterocycles. The summed E-state index contributed by atoms with van der Waals surface area (Å²) < 4.78 is 3.36. The second kappa shape index (κ2) is 9.00. The third-order valence-corrected chi connectivity index (χ3v) is 6.22. The number of anilines is 1. The average molecular weight is 448 g/mol. The molecule has 1 amide bonds. The molecule has 0 saturated heterocycles. The van der Waals surface area contributed by atoms with E-state index in [4.69, 9.17) is 4.98 Å². The first kappa shape index (κ1) is 21.8. The molecule has 7 nitrogen and oxygen atoms in total. The van der Waals surface area contributed by atoms with Gasteiger partial charge in [-0.15, -0.1) is 0 Å². The zero-order valence-corrected chi connectivity index (χ0v) is 19.3. The standard InChI is InChI=1S/C24H25N5O2S/c1-15(2)29-21(13-14-25-29)27-22(30)17(4)32-24-26-19-11-7-6-10-18(19)23(31)28(24)20-12-8-5-9-16(20)3/h5-15,17H,1-4H3,(H,27,30). The van der Waals surface area contributed by atoms with Gasteiger partial charge in [0.1, 0.15) is 5.82 Å². The normalized spacial score (nSPS) is 12.3. The topological polar surface area (TPSA) is 81.8 Å².